The summed E-state index contributed by atoms with van der Waals surface area (Å²) in [5.41, 5.74) is 2.10. The fraction of sp³-hybridized carbons (Fsp3) is 0.296. The summed E-state index contributed by atoms with van der Waals surface area (Å²) in [5.74, 6) is 2.66. The predicted octanol–water partition coefficient (Wildman–Crippen LogP) is 6.95. The number of ether oxygens (including phenoxy) is 1. The maximum atomic E-state index is 6.29. The lowest BCUT2D eigenvalue weighted by Crippen LogP contribution is -2.32. The van der Waals surface area contributed by atoms with Crippen molar-refractivity contribution < 1.29 is 4.74 Å². The number of para-hydroxylation sites is 1. The molecule has 0 spiro atoms. The average Bonchev–Trinajstić information content (AvgIpc) is 3.30. The molecule has 0 amide bonds. The zero-order valence-corrected chi connectivity index (χ0v) is 21.6. The van der Waals surface area contributed by atoms with Gasteiger partial charge in [-0.1, -0.05) is 24.3 Å². The molecule has 0 aliphatic carbocycles. The van der Waals surface area contributed by atoms with Crippen molar-refractivity contribution >= 4 is 34.0 Å². The van der Waals surface area contributed by atoms with Crippen molar-refractivity contribution in [2.45, 2.75) is 29.9 Å². The first kappa shape index (κ1) is 23.8. The van der Waals surface area contributed by atoms with Crippen LogP contribution < -0.4 is 10.1 Å². The number of piperidine rings is 1. The molecular formula is C27H29N5OS2. The van der Waals surface area contributed by atoms with Gasteiger partial charge in [0, 0.05) is 22.7 Å². The number of hydrogen-bond acceptors (Lipinski definition) is 8. The summed E-state index contributed by atoms with van der Waals surface area (Å²) in [6.07, 6.45) is 6.14. The van der Waals surface area contributed by atoms with Crippen LogP contribution in [0, 0.1) is 12.8 Å². The molecule has 1 N–H and O–H groups in total. The minimum absolute atomic E-state index is 0.261. The van der Waals surface area contributed by atoms with Crippen molar-refractivity contribution in [2.75, 3.05) is 25.5 Å². The summed E-state index contributed by atoms with van der Waals surface area (Å²) in [4.78, 5) is 17.5. The number of rotatable bonds is 8. The molecule has 0 saturated carbocycles. The van der Waals surface area contributed by atoms with E-state index in [1.807, 2.05) is 72.9 Å². The minimum Gasteiger partial charge on any atom is -0.453 e. The highest BCUT2D eigenvalue weighted by molar-refractivity contribution is 7.99. The molecule has 1 atom stereocenters. The van der Waals surface area contributed by atoms with Crippen molar-refractivity contribution in [3.8, 4) is 11.5 Å². The molecular weight excluding hydrogens is 474 g/mol. The Kier molecular flexibility index (Phi) is 7.61. The summed E-state index contributed by atoms with van der Waals surface area (Å²) in [6.45, 7) is 4.22. The summed E-state index contributed by atoms with van der Waals surface area (Å²) in [5, 5.41) is 6.41. The summed E-state index contributed by atoms with van der Waals surface area (Å²) >= 11 is 3.38. The lowest BCUT2D eigenvalue weighted by molar-refractivity contribution is 0.216. The molecule has 35 heavy (non-hydrogen) atoms. The third-order valence-corrected chi connectivity index (χ3v) is 8.33. The quantitative estimate of drug-likeness (QED) is 0.261. The van der Waals surface area contributed by atoms with E-state index < -0.39 is 0 Å². The zero-order valence-electron chi connectivity index (χ0n) is 19.9. The topological polar surface area (TPSA) is 63.2 Å². The van der Waals surface area contributed by atoms with Crippen LogP contribution in [0.2, 0.25) is 0 Å². The van der Waals surface area contributed by atoms with E-state index in [0.717, 1.165) is 53.1 Å². The van der Waals surface area contributed by atoms with E-state index in [1.54, 1.807) is 11.3 Å². The molecule has 1 aliphatic rings. The number of likely N-dealkylation sites (tertiary alicyclic amines) is 1. The Hall–Kier alpha value is -2.94. The predicted molar refractivity (Wildman–Crippen MR) is 144 cm³/mol. The van der Waals surface area contributed by atoms with Crippen LogP contribution in [0.25, 0.3) is 0 Å². The van der Waals surface area contributed by atoms with Gasteiger partial charge in [-0.15, -0.1) is 23.1 Å². The highest BCUT2D eigenvalue weighted by Crippen LogP contribution is 2.45. The number of hydrogen-bond donors (Lipinski definition) is 1. The van der Waals surface area contributed by atoms with Gasteiger partial charge in [-0.05, 0) is 76.2 Å². The van der Waals surface area contributed by atoms with E-state index >= 15 is 0 Å². The van der Waals surface area contributed by atoms with Gasteiger partial charge in [0.15, 0.2) is 16.7 Å². The van der Waals surface area contributed by atoms with Crippen molar-refractivity contribution in [3.05, 3.63) is 83.8 Å². The number of nitrogens with one attached hydrogen (secondary N) is 1. The molecule has 4 aromatic rings. The molecule has 180 valence electrons. The number of aromatic nitrogens is 3. The van der Waals surface area contributed by atoms with Gasteiger partial charge in [0.1, 0.15) is 5.75 Å². The standard InChI is InChI=1S/C27H29N5OS2/c1-19-18-34-27(30-19)31-26-24(33-21-8-4-3-5-9-21)16-22(17-29-26)35-25(23-10-6-7-13-28-23)20-11-14-32(2)15-12-20/h3-10,13,16-18,20,25H,11-12,14-15H2,1-2H3,(H,29,30,31). The van der Waals surface area contributed by atoms with Crippen molar-refractivity contribution in [1.29, 1.82) is 0 Å². The Morgan fingerprint density at radius 2 is 1.89 bits per heavy atom. The largest absolute Gasteiger partial charge is 0.453 e. The van der Waals surface area contributed by atoms with Crippen LogP contribution in [0.5, 0.6) is 11.5 Å². The molecule has 1 aliphatic heterocycles. The van der Waals surface area contributed by atoms with Crippen LogP contribution in [0.3, 0.4) is 0 Å². The molecule has 1 unspecified atom stereocenters. The van der Waals surface area contributed by atoms with Gasteiger partial charge in [-0.2, -0.15) is 0 Å². The summed E-state index contributed by atoms with van der Waals surface area (Å²) in [7, 11) is 2.20. The van der Waals surface area contributed by atoms with E-state index in [9.17, 15) is 0 Å². The first-order chi connectivity index (χ1) is 17.1. The zero-order chi connectivity index (χ0) is 24.0. The fourth-order valence-corrected chi connectivity index (χ4v) is 6.21. The normalized spacial score (nSPS) is 15.6. The second kappa shape index (κ2) is 11.2. The SMILES string of the molecule is Cc1csc(Nc2ncc(SC(c3ccccn3)C3CCN(C)CC3)cc2Oc2ccccc2)n1. The van der Waals surface area contributed by atoms with Crippen molar-refractivity contribution in [3.63, 3.8) is 0 Å². The van der Waals surface area contributed by atoms with Gasteiger partial charge in [0.2, 0.25) is 0 Å². The molecule has 3 aromatic heterocycles. The smallest absolute Gasteiger partial charge is 0.188 e. The van der Waals surface area contributed by atoms with Crippen LogP contribution in [0.15, 0.2) is 77.3 Å². The fourth-order valence-electron chi connectivity index (χ4n) is 4.21. The number of thiazole rings is 1. The third kappa shape index (κ3) is 6.20. The second-order valence-electron chi connectivity index (χ2n) is 8.79. The van der Waals surface area contributed by atoms with Crippen LogP contribution >= 0.6 is 23.1 Å². The van der Waals surface area contributed by atoms with E-state index in [1.165, 1.54) is 0 Å². The maximum Gasteiger partial charge on any atom is 0.188 e. The number of benzene rings is 1. The van der Waals surface area contributed by atoms with Crippen molar-refractivity contribution in [2.24, 2.45) is 5.92 Å². The van der Waals surface area contributed by atoms with Crippen LogP contribution in [0.1, 0.15) is 29.5 Å². The van der Waals surface area contributed by atoms with E-state index in [0.29, 0.717) is 17.5 Å². The lowest BCUT2D eigenvalue weighted by Gasteiger charge is -2.33. The van der Waals surface area contributed by atoms with Gasteiger partial charge in [-0.25, -0.2) is 9.97 Å². The summed E-state index contributed by atoms with van der Waals surface area (Å²) < 4.78 is 6.29. The lowest BCUT2D eigenvalue weighted by atomic mass is 9.91. The Labute approximate surface area is 214 Å². The number of pyridine rings is 2. The Bertz CT molecular complexity index is 1230. The molecule has 5 rings (SSSR count). The second-order valence-corrected chi connectivity index (χ2v) is 10.9. The molecule has 8 heteroatoms. The number of thioether (sulfide) groups is 1. The maximum absolute atomic E-state index is 6.29. The number of anilines is 2. The molecule has 4 heterocycles. The van der Waals surface area contributed by atoms with E-state index in [-0.39, 0.29) is 5.25 Å². The molecule has 0 radical (unpaired) electrons. The first-order valence-electron chi connectivity index (χ1n) is 11.8. The minimum atomic E-state index is 0.261. The number of aryl methyl sites for hydroxylation is 1. The molecule has 0 bridgehead atoms. The highest BCUT2D eigenvalue weighted by Gasteiger charge is 2.29. The van der Waals surface area contributed by atoms with Gasteiger partial charge in [-0.3, -0.25) is 4.98 Å². The molecule has 1 aromatic carbocycles. The highest BCUT2D eigenvalue weighted by atomic mass is 32.2. The average molecular weight is 504 g/mol. The van der Waals surface area contributed by atoms with E-state index in [4.69, 9.17) is 14.7 Å². The van der Waals surface area contributed by atoms with Gasteiger partial charge in [0.25, 0.3) is 0 Å². The monoisotopic (exact) mass is 503 g/mol. The Morgan fingerprint density at radius 3 is 2.60 bits per heavy atom. The molecule has 1 saturated heterocycles. The van der Waals surface area contributed by atoms with Gasteiger partial charge >= 0.3 is 0 Å². The van der Waals surface area contributed by atoms with Crippen LogP contribution in [0.4, 0.5) is 10.9 Å². The van der Waals surface area contributed by atoms with Crippen molar-refractivity contribution in [1.82, 2.24) is 19.9 Å². The Morgan fingerprint density at radius 1 is 1.09 bits per heavy atom. The third-order valence-electron chi connectivity index (χ3n) is 6.08. The van der Waals surface area contributed by atoms with Crippen LogP contribution in [-0.4, -0.2) is 40.0 Å². The van der Waals surface area contributed by atoms with Crippen LogP contribution in [-0.2, 0) is 0 Å². The van der Waals surface area contributed by atoms with Gasteiger partial charge in [0.05, 0.1) is 16.6 Å². The van der Waals surface area contributed by atoms with Gasteiger partial charge < -0.3 is 15.0 Å². The molecule has 6 nitrogen and oxygen atoms in total. The number of nitrogens with zero attached hydrogens (tertiary/aromatic N) is 4. The first-order valence-corrected chi connectivity index (χ1v) is 13.6. The Balaban J connectivity index is 1.44. The molecule has 1 fully saturated rings. The van der Waals surface area contributed by atoms with E-state index in [2.05, 4.69) is 40.4 Å². The summed E-state index contributed by atoms with van der Waals surface area (Å²) in [6, 6.07) is 18.1.